The maximum atomic E-state index is 2.36. The van der Waals surface area contributed by atoms with Gasteiger partial charge in [0.1, 0.15) is 0 Å². The van der Waals surface area contributed by atoms with E-state index in [9.17, 15) is 0 Å². The predicted molar refractivity (Wildman–Crippen MR) is 286 cm³/mol. The molecule has 0 aliphatic carbocycles. The topological polar surface area (TPSA) is 3.24 Å². The molecule has 0 aliphatic rings. The summed E-state index contributed by atoms with van der Waals surface area (Å²) in [6, 6.07) is 99.3. The minimum atomic E-state index is 1.09. The van der Waals surface area contributed by atoms with Crippen LogP contribution >= 0.6 is 0 Å². The van der Waals surface area contributed by atoms with Crippen molar-refractivity contribution >= 4 is 49.4 Å². The summed E-state index contributed by atoms with van der Waals surface area (Å²) in [5, 5.41) is 7.53. The lowest BCUT2D eigenvalue weighted by Crippen LogP contribution is -2.09. The molecule has 12 aromatic carbocycles. The first-order chi connectivity index (χ1) is 33.2. The van der Waals surface area contributed by atoms with Crippen LogP contribution in [0.15, 0.2) is 273 Å². The highest BCUT2D eigenvalue weighted by molar-refractivity contribution is 6.04. The average Bonchev–Trinajstić information content (AvgIpc) is 3.41. The van der Waals surface area contributed by atoms with E-state index in [1.165, 1.54) is 99.1 Å². The van der Waals surface area contributed by atoms with Crippen molar-refractivity contribution in [3.8, 4) is 66.8 Å². The molecule has 67 heavy (non-hydrogen) atoms. The van der Waals surface area contributed by atoms with E-state index in [0.717, 1.165) is 17.1 Å². The van der Waals surface area contributed by atoms with Crippen LogP contribution in [0.25, 0.3) is 99.1 Å². The summed E-state index contributed by atoms with van der Waals surface area (Å²) < 4.78 is 0. The van der Waals surface area contributed by atoms with Crippen molar-refractivity contribution in [2.75, 3.05) is 4.90 Å². The van der Waals surface area contributed by atoms with Crippen molar-refractivity contribution < 1.29 is 0 Å². The molecule has 314 valence electrons. The van der Waals surface area contributed by atoms with Gasteiger partial charge in [-0.2, -0.15) is 0 Å². The summed E-state index contributed by atoms with van der Waals surface area (Å²) in [6.07, 6.45) is 0. The van der Waals surface area contributed by atoms with E-state index in [-0.39, 0.29) is 0 Å². The Bertz CT molecular complexity index is 3680. The Morgan fingerprint density at radius 1 is 0.194 bits per heavy atom. The highest BCUT2D eigenvalue weighted by Crippen LogP contribution is 2.42. The fourth-order valence-electron chi connectivity index (χ4n) is 9.81. The Hall–Kier alpha value is -8.78. The van der Waals surface area contributed by atoms with Gasteiger partial charge in [0.25, 0.3) is 0 Å². The summed E-state index contributed by atoms with van der Waals surface area (Å²) in [5.41, 5.74) is 17.8. The van der Waals surface area contributed by atoms with Crippen LogP contribution < -0.4 is 4.90 Å². The Labute approximate surface area is 392 Å². The van der Waals surface area contributed by atoms with E-state index >= 15 is 0 Å². The van der Waals surface area contributed by atoms with Gasteiger partial charge in [0.15, 0.2) is 0 Å². The quantitative estimate of drug-likeness (QED) is 0.140. The molecule has 1 heteroatoms. The maximum absolute atomic E-state index is 2.36. The van der Waals surface area contributed by atoms with E-state index in [4.69, 9.17) is 0 Å². The first kappa shape index (κ1) is 39.8. The minimum Gasteiger partial charge on any atom is -0.311 e. The van der Waals surface area contributed by atoms with Gasteiger partial charge in [0.05, 0.1) is 0 Å². The molecule has 0 atom stereocenters. The van der Waals surface area contributed by atoms with Crippen LogP contribution in [0.1, 0.15) is 0 Å². The van der Waals surface area contributed by atoms with Crippen LogP contribution in [0.5, 0.6) is 0 Å². The third kappa shape index (κ3) is 7.73. The van der Waals surface area contributed by atoms with Gasteiger partial charge in [0, 0.05) is 17.1 Å². The lowest BCUT2D eigenvalue weighted by molar-refractivity contribution is 1.28. The van der Waals surface area contributed by atoms with Crippen molar-refractivity contribution in [2.45, 2.75) is 0 Å². The third-order valence-electron chi connectivity index (χ3n) is 13.3. The molecule has 1 nitrogen and oxygen atoms in total. The van der Waals surface area contributed by atoms with Gasteiger partial charge in [-0.05, 0) is 142 Å². The largest absolute Gasteiger partial charge is 0.311 e. The zero-order valence-corrected chi connectivity index (χ0v) is 36.9. The van der Waals surface area contributed by atoms with E-state index < -0.39 is 0 Å². The Balaban J connectivity index is 0.885. The van der Waals surface area contributed by atoms with Gasteiger partial charge in [0.2, 0.25) is 0 Å². The molecule has 0 N–H and O–H groups in total. The zero-order valence-electron chi connectivity index (χ0n) is 36.9. The molecule has 0 saturated carbocycles. The molecular weight excluding hydrogens is 807 g/mol. The molecule has 0 heterocycles. The Morgan fingerprint density at radius 2 is 0.582 bits per heavy atom. The van der Waals surface area contributed by atoms with Gasteiger partial charge >= 0.3 is 0 Å². The summed E-state index contributed by atoms with van der Waals surface area (Å²) in [6.45, 7) is 0. The van der Waals surface area contributed by atoms with Crippen LogP contribution in [0, 0.1) is 0 Å². The van der Waals surface area contributed by atoms with Crippen LogP contribution in [0.4, 0.5) is 17.1 Å². The van der Waals surface area contributed by atoms with Crippen LogP contribution in [-0.2, 0) is 0 Å². The molecule has 0 saturated heterocycles. The first-order valence-corrected chi connectivity index (χ1v) is 23.1. The smallest absolute Gasteiger partial charge is 0.0462 e. The fourth-order valence-corrected chi connectivity index (χ4v) is 9.81. The predicted octanol–water partition coefficient (Wildman–Crippen LogP) is 18.6. The molecule has 0 bridgehead atoms. The highest BCUT2D eigenvalue weighted by Gasteiger charge is 2.17. The van der Waals surface area contributed by atoms with Gasteiger partial charge in [-0.3, -0.25) is 0 Å². The van der Waals surface area contributed by atoms with Crippen molar-refractivity contribution in [3.63, 3.8) is 0 Å². The summed E-state index contributed by atoms with van der Waals surface area (Å²) in [4.78, 5) is 2.36. The van der Waals surface area contributed by atoms with Crippen molar-refractivity contribution in [1.29, 1.82) is 0 Å². The molecular formula is C66H45N. The standard InChI is InChI=1S/C66H45N/c1-2-14-56(15-3-1)66-64-19-9-7-13-53(64)37-44-65(66)55-35-42-61(43-36-55)67(59-38-31-49(32-39-59)47-21-23-51(24-22-47)58-30-27-46-11-4-5-16-57(46)45-58)60-40-33-50(34-41-60)48-25-28-54(29-26-48)63-20-10-17-52-12-6-8-18-62(52)63/h1-45H. The molecule has 0 fully saturated rings. The van der Waals surface area contributed by atoms with E-state index in [1.807, 2.05) is 0 Å². The SMILES string of the molecule is c1ccc(-c2c(-c3ccc(N(c4ccc(-c5ccc(-c6ccc7ccccc7c6)cc5)cc4)c4ccc(-c5ccc(-c6cccc7ccccc67)cc5)cc4)cc3)ccc3ccccc23)cc1. The second-order valence-electron chi connectivity index (χ2n) is 17.3. The summed E-state index contributed by atoms with van der Waals surface area (Å²) in [5.74, 6) is 0. The van der Waals surface area contributed by atoms with Gasteiger partial charge in [-0.25, -0.2) is 0 Å². The summed E-state index contributed by atoms with van der Waals surface area (Å²) >= 11 is 0. The first-order valence-electron chi connectivity index (χ1n) is 23.1. The minimum absolute atomic E-state index is 1.09. The number of hydrogen-bond acceptors (Lipinski definition) is 1. The number of rotatable bonds is 9. The van der Waals surface area contributed by atoms with E-state index in [0.29, 0.717) is 0 Å². The average molecular weight is 852 g/mol. The lowest BCUT2D eigenvalue weighted by Gasteiger charge is -2.26. The molecule has 12 aromatic rings. The highest BCUT2D eigenvalue weighted by atomic mass is 15.1. The van der Waals surface area contributed by atoms with Crippen LogP contribution in [0.2, 0.25) is 0 Å². The van der Waals surface area contributed by atoms with Crippen LogP contribution in [-0.4, -0.2) is 0 Å². The zero-order chi connectivity index (χ0) is 44.5. The maximum Gasteiger partial charge on any atom is 0.0462 e. The van der Waals surface area contributed by atoms with E-state index in [1.54, 1.807) is 0 Å². The lowest BCUT2D eigenvalue weighted by atomic mass is 9.90. The second kappa shape index (κ2) is 17.3. The van der Waals surface area contributed by atoms with E-state index in [2.05, 4.69) is 278 Å². The summed E-state index contributed by atoms with van der Waals surface area (Å²) in [7, 11) is 0. The Morgan fingerprint density at radius 3 is 1.18 bits per heavy atom. The fraction of sp³-hybridized carbons (Fsp3) is 0. The molecule has 12 rings (SSSR count). The second-order valence-corrected chi connectivity index (χ2v) is 17.3. The number of benzene rings is 12. The van der Waals surface area contributed by atoms with Crippen LogP contribution in [0.3, 0.4) is 0 Å². The molecule has 0 radical (unpaired) electrons. The Kier molecular flexibility index (Phi) is 10.3. The third-order valence-corrected chi connectivity index (χ3v) is 13.3. The molecule has 0 amide bonds. The van der Waals surface area contributed by atoms with Gasteiger partial charge < -0.3 is 4.90 Å². The van der Waals surface area contributed by atoms with Crippen molar-refractivity contribution in [1.82, 2.24) is 0 Å². The number of nitrogens with zero attached hydrogens (tertiary/aromatic N) is 1. The normalized spacial score (nSPS) is 11.3. The van der Waals surface area contributed by atoms with Gasteiger partial charge in [-0.15, -0.1) is 0 Å². The molecule has 0 aliphatic heterocycles. The number of anilines is 3. The molecule has 0 aromatic heterocycles. The van der Waals surface area contributed by atoms with Crippen molar-refractivity contribution in [3.05, 3.63) is 273 Å². The molecule has 0 unspecified atom stereocenters. The number of hydrogen-bond donors (Lipinski definition) is 0. The van der Waals surface area contributed by atoms with Gasteiger partial charge in [-0.1, -0.05) is 231 Å². The monoisotopic (exact) mass is 851 g/mol. The number of fused-ring (bicyclic) bond motifs is 3. The molecule has 0 spiro atoms. The van der Waals surface area contributed by atoms with Crippen molar-refractivity contribution in [2.24, 2.45) is 0 Å².